The van der Waals surface area contributed by atoms with Crippen LogP contribution in [0.3, 0.4) is 0 Å². The van der Waals surface area contributed by atoms with Crippen LogP contribution in [0.5, 0.6) is 0 Å². The molecule has 0 aliphatic heterocycles. The predicted molar refractivity (Wildman–Crippen MR) is 112 cm³/mol. The highest BCUT2D eigenvalue weighted by Gasteiger charge is 2.16. The SMILES string of the molecule is CCCCCCCC/C=C\CCCCCCCC(=O)CCCCC(O)(O)O. The Balaban J connectivity index is 3.26. The molecular weight excluding hydrogens is 340 g/mol. The zero-order valence-corrected chi connectivity index (χ0v) is 17.6. The van der Waals surface area contributed by atoms with Crippen LogP contribution >= 0.6 is 0 Å². The lowest BCUT2D eigenvalue weighted by Crippen LogP contribution is -2.26. The van der Waals surface area contributed by atoms with E-state index in [-0.39, 0.29) is 12.2 Å². The molecule has 0 saturated carbocycles. The van der Waals surface area contributed by atoms with Gasteiger partial charge in [-0.25, -0.2) is 0 Å². The van der Waals surface area contributed by atoms with Gasteiger partial charge in [-0.3, -0.25) is 4.79 Å². The molecule has 0 aromatic carbocycles. The highest BCUT2D eigenvalue weighted by Crippen LogP contribution is 2.13. The smallest absolute Gasteiger partial charge is 0.275 e. The number of unbranched alkanes of at least 4 members (excludes halogenated alkanes) is 12. The van der Waals surface area contributed by atoms with Crippen molar-refractivity contribution in [2.45, 2.75) is 128 Å². The molecule has 0 saturated heterocycles. The Morgan fingerprint density at radius 3 is 1.63 bits per heavy atom. The van der Waals surface area contributed by atoms with Crippen molar-refractivity contribution in [3.8, 4) is 0 Å². The first-order chi connectivity index (χ1) is 13.0. The van der Waals surface area contributed by atoms with Crippen LogP contribution in [0.25, 0.3) is 0 Å². The first-order valence-electron chi connectivity index (χ1n) is 11.3. The molecule has 0 rings (SSSR count). The second-order valence-electron chi connectivity index (χ2n) is 7.85. The molecule has 0 fully saturated rings. The predicted octanol–water partition coefficient (Wildman–Crippen LogP) is 5.78. The molecule has 4 nitrogen and oxygen atoms in total. The maximum atomic E-state index is 11.7. The molecule has 0 spiro atoms. The average Bonchev–Trinajstić information content (AvgIpc) is 2.61. The number of hydrogen-bond acceptors (Lipinski definition) is 4. The summed E-state index contributed by atoms with van der Waals surface area (Å²) >= 11 is 0. The van der Waals surface area contributed by atoms with Gasteiger partial charge in [0, 0.05) is 19.3 Å². The van der Waals surface area contributed by atoms with E-state index in [4.69, 9.17) is 15.3 Å². The summed E-state index contributed by atoms with van der Waals surface area (Å²) in [4.78, 5) is 11.7. The first kappa shape index (κ1) is 26.3. The third-order valence-corrected chi connectivity index (χ3v) is 4.94. The third-order valence-electron chi connectivity index (χ3n) is 4.94. The van der Waals surface area contributed by atoms with Gasteiger partial charge < -0.3 is 15.3 Å². The largest absolute Gasteiger partial charge is 0.344 e. The van der Waals surface area contributed by atoms with Crippen LogP contribution in [0, 0.1) is 0 Å². The summed E-state index contributed by atoms with van der Waals surface area (Å²) in [6.07, 6.45) is 23.0. The molecule has 160 valence electrons. The summed E-state index contributed by atoms with van der Waals surface area (Å²) < 4.78 is 0. The minimum Gasteiger partial charge on any atom is -0.344 e. The van der Waals surface area contributed by atoms with E-state index in [0.717, 1.165) is 12.8 Å². The molecular formula is C23H44O4. The van der Waals surface area contributed by atoms with Crippen LogP contribution in [0.15, 0.2) is 12.2 Å². The highest BCUT2D eigenvalue weighted by atomic mass is 16.7. The van der Waals surface area contributed by atoms with Crippen molar-refractivity contribution < 1.29 is 20.1 Å². The lowest BCUT2D eigenvalue weighted by molar-refractivity contribution is -0.315. The molecule has 0 aliphatic rings. The standard InChI is InChI=1S/C23H44O4/c1-2-3-4-5-6-7-8-9-10-11-12-13-14-15-16-19-22(24)20-17-18-21-23(25,26)27/h9-10,25-27H,2-8,11-21H2,1H3/b10-9-. The van der Waals surface area contributed by atoms with Crippen molar-refractivity contribution >= 4 is 5.78 Å². The molecule has 0 bridgehead atoms. The minimum atomic E-state index is -2.59. The number of ketones is 1. The second kappa shape index (κ2) is 18.6. The van der Waals surface area contributed by atoms with Gasteiger partial charge in [0.15, 0.2) is 0 Å². The van der Waals surface area contributed by atoms with Gasteiger partial charge in [-0.05, 0) is 44.9 Å². The molecule has 0 radical (unpaired) electrons. The maximum absolute atomic E-state index is 11.7. The maximum Gasteiger partial charge on any atom is 0.275 e. The van der Waals surface area contributed by atoms with E-state index in [9.17, 15) is 4.79 Å². The van der Waals surface area contributed by atoms with E-state index in [1.165, 1.54) is 70.6 Å². The molecule has 0 heterocycles. The fourth-order valence-corrected chi connectivity index (χ4v) is 3.20. The van der Waals surface area contributed by atoms with Gasteiger partial charge in [-0.1, -0.05) is 70.4 Å². The Bertz CT molecular complexity index is 358. The average molecular weight is 385 g/mol. The van der Waals surface area contributed by atoms with E-state index in [1.807, 2.05) is 0 Å². The summed E-state index contributed by atoms with van der Waals surface area (Å²) in [5.74, 6) is -2.35. The molecule has 27 heavy (non-hydrogen) atoms. The van der Waals surface area contributed by atoms with Crippen LogP contribution in [0.4, 0.5) is 0 Å². The van der Waals surface area contributed by atoms with E-state index >= 15 is 0 Å². The molecule has 3 N–H and O–H groups in total. The van der Waals surface area contributed by atoms with Gasteiger partial charge in [0.25, 0.3) is 5.97 Å². The Labute approximate surface area is 167 Å². The number of allylic oxidation sites excluding steroid dienone is 2. The van der Waals surface area contributed by atoms with Gasteiger partial charge in [-0.2, -0.15) is 0 Å². The van der Waals surface area contributed by atoms with Crippen LogP contribution in [-0.2, 0) is 4.79 Å². The Morgan fingerprint density at radius 1 is 0.667 bits per heavy atom. The Hall–Kier alpha value is -0.710. The van der Waals surface area contributed by atoms with Gasteiger partial charge in [0.2, 0.25) is 0 Å². The van der Waals surface area contributed by atoms with Crippen molar-refractivity contribution in [3.05, 3.63) is 12.2 Å². The van der Waals surface area contributed by atoms with E-state index in [1.54, 1.807) is 0 Å². The number of carbonyl (C=O) groups excluding carboxylic acids is 1. The van der Waals surface area contributed by atoms with Crippen molar-refractivity contribution in [2.75, 3.05) is 0 Å². The van der Waals surface area contributed by atoms with Gasteiger partial charge >= 0.3 is 0 Å². The first-order valence-corrected chi connectivity index (χ1v) is 11.3. The van der Waals surface area contributed by atoms with Gasteiger partial charge in [0.05, 0.1) is 0 Å². The minimum absolute atomic E-state index is 0.103. The lowest BCUT2D eigenvalue weighted by atomic mass is 10.0. The van der Waals surface area contributed by atoms with Crippen molar-refractivity contribution in [3.63, 3.8) is 0 Å². The zero-order valence-electron chi connectivity index (χ0n) is 17.6. The fraction of sp³-hybridized carbons (Fsp3) is 0.870. The molecule has 0 amide bonds. The molecule has 0 aromatic rings. The number of aliphatic hydroxyl groups is 3. The Kier molecular flexibility index (Phi) is 18.2. The zero-order chi connectivity index (χ0) is 20.2. The molecule has 4 heteroatoms. The lowest BCUT2D eigenvalue weighted by Gasteiger charge is -2.12. The van der Waals surface area contributed by atoms with Gasteiger partial charge in [-0.15, -0.1) is 0 Å². The fourth-order valence-electron chi connectivity index (χ4n) is 3.20. The topological polar surface area (TPSA) is 77.8 Å². The number of Topliss-reactive ketones (excluding diaryl/α,β-unsaturated/α-hetero) is 1. The molecule has 0 unspecified atom stereocenters. The van der Waals surface area contributed by atoms with Crippen LogP contribution in [-0.4, -0.2) is 27.1 Å². The summed E-state index contributed by atoms with van der Waals surface area (Å²) in [5.41, 5.74) is 0. The van der Waals surface area contributed by atoms with Crippen LogP contribution in [0.2, 0.25) is 0 Å². The van der Waals surface area contributed by atoms with Crippen molar-refractivity contribution in [1.82, 2.24) is 0 Å². The van der Waals surface area contributed by atoms with Crippen LogP contribution in [0.1, 0.15) is 122 Å². The molecule has 0 aliphatic carbocycles. The van der Waals surface area contributed by atoms with Crippen LogP contribution < -0.4 is 0 Å². The third kappa shape index (κ3) is 23.3. The normalized spacial score (nSPS) is 12.1. The number of hydrogen-bond donors (Lipinski definition) is 3. The number of carbonyl (C=O) groups is 1. The summed E-state index contributed by atoms with van der Waals surface area (Å²) in [5, 5.41) is 26.3. The summed E-state index contributed by atoms with van der Waals surface area (Å²) in [6, 6.07) is 0. The van der Waals surface area contributed by atoms with Crippen molar-refractivity contribution in [2.24, 2.45) is 0 Å². The van der Waals surface area contributed by atoms with E-state index < -0.39 is 5.97 Å². The van der Waals surface area contributed by atoms with Crippen molar-refractivity contribution in [1.29, 1.82) is 0 Å². The molecule has 0 aromatic heterocycles. The summed E-state index contributed by atoms with van der Waals surface area (Å²) in [6.45, 7) is 2.26. The monoisotopic (exact) mass is 384 g/mol. The van der Waals surface area contributed by atoms with Gasteiger partial charge in [0.1, 0.15) is 5.78 Å². The van der Waals surface area contributed by atoms with E-state index in [0.29, 0.717) is 25.7 Å². The highest BCUT2D eigenvalue weighted by molar-refractivity contribution is 5.78. The van der Waals surface area contributed by atoms with E-state index in [2.05, 4.69) is 19.1 Å². The molecule has 0 atom stereocenters. The number of rotatable bonds is 20. The summed E-state index contributed by atoms with van der Waals surface area (Å²) in [7, 11) is 0. The Morgan fingerprint density at radius 2 is 1.11 bits per heavy atom. The quantitative estimate of drug-likeness (QED) is 0.141. The second-order valence-corrected chi connectivity index (χ2v) is 7.85.